The molecule has 0 aliphatic carbocycles. The number of nitrogens with zero attached hydrogens (tertiary/aromatic N) is 3. The van der Waals surface area contributed by atoms with Crippen LogP contribution in [0.2, 0.25) is 0 Å². The second kappa shape index (κ2) is 11.7. The number of hydrogen-bond acceptors (Lipinski definition) is 6. The van der Waals surface area contributed by atoms with E-state index >= 15 is 0 Å². The Bertz CT molecular complexity index is 1440. The lowest BCUT2D eigenvalue weighted by molar-refractivity contribution is -0.139. The number of nitrogen functional groups attached to an aromatic ring is 1. The van der Waals surface area contributed by atoms with Gasteiger partial charge in [0.2, 0.25) is 0 Å². The summed E-state index contributed by atoms with van der Waals surface area (Å²) >= 11 is 0. The predicted molar refractivity (Wildman–Crippen MR) is 139 cm³/mol. The number of halogens is 3. The molecule has 8 nitrogen and oxygen atoms in total. The number of nitrogens with two attached hydrogens (primary N) is 1. The maximum Gasteiger partial charge on any atom is 0.416 e. The van der Waals surface area contributed by atoms with Crippen LogP contribution in [0.1, 0.15) is 24.8 Å². The van der Waals surface area contributed by atoms with E-state index in [4.69, 9.17) is 15.8 Å². The first kappa shape index (κ1) is 27.8. The number of carboxylic acid groups (broad SMARTS) is 1. The summed E-state index contributed by atoms with van der Waals surface area (Å²) in [6, 6.07) is 17.2. The number of pyridine rings is 1. The third-order valence-corrected chi connectivity index (χ3v) is 6.16. The van der Waals surface area contributed by atoms with Crippen LogP contribution in [-0.4, -0.2) is 48.0 Å². The second-order valence-corrected chi connectivity index (χ2v) is 9.13. The zero-order chi connectivity index (χ0) is 28.2. The summed E-state index contributed by atoms with van der Waals surface area (Å²) in [5.41, 5.74) is 7.33. The average Bonchev–Trinajstić information content (AvgIpc) is 3.26. The van der Waals surface area contributed by atoms with E-state index in [9.17, 15) is 28.2 Å². The summed E-state index contributed by atoms with van der Waals surface area (Å²) in [5, 5.41) is 29.4. The maximum atomic E-state index is 13.7. The minimum absolute atomic E-state index is 0.0801. The van der Waals surface area contributed by atoms with E-state index in [-0.39, 0.29) is 30.8 Å². The predicted octanol–water partition coefficient (Wildman–Crippen LogP) is 4.86. The fourth-order valence-electron chi connectivity index (χ4n) is 4.41. The smallest absolute Gasteiger partial charge is 0.416 e. The molecule has 0 radical (unpaired) electrons. The van der Waals surface area contributed by atoms with Crippen LogP contribution in [0, 0.1) is 0 Å². The highest BCUT2D eigenvalue weighted by Crippen LogP contribution is 2.39. The minimum Gasteiger partial charge on any atom is -0.481 e. The fourth-order valence-corrected chi connectivity index (χ4v) is 4.41. The molecule has 0 aliphatic rings. The molecule has 0 spiro atoms. The first-order chi connectivity index (χ1) is 18.5. The van der Waals surface area contributed by atoms with E-state index in [0.717, 1.165) is 12.1 Å². The largest absolute Gasteiger partial charge is 0.481 e. The maximum absolute atomic E-state index is 13.7. The first-order valence-corrected chi connectivity index (χ1v) is 12.2. The van der Waals surface area contributed by atoms with E-state index in [1.807, 2.05) is 18.2 Å². The quantitative estimate of drug-likeness (QED) is 0.226. The molecular formula is C28H27F3N4O4. The molecule has 0 saturated heterocycles. The molecule has 0 unspecified atom stereocenters. The Hall–Kier alpha value is -4.22. The summed E-state index contributed by atoms with van der Waals surface area (Å²) in [7, 11) is 0. The van der Waals surface area contributed by atoms with Crippen LogP contribution in [0.4, 0.5) is 19.0 Å². The highest BCUT2D eigenvalue weighted by molar-refractivity contribution is 5.83. The van der Waals surface area contributed by atoms with Gasteiger partial charge >= 0.3 is 12.1 Å². The molecule has 5 N–H and O–H groups in total. The third-order valence-electron chi connectivity index (χ3n) is 6.16. The summed E-state index contributed by atoms with van der Waals surface area (Å²) in [6.45, 7) is 0.115. The minimum atomic E-state index is -4.57. The topological polar surface area (TPSA) is 134 Å². The summed E-state index contributed by atoms with van der Waals surface area (Å²) in [4.78, 5) is 19.7. The van der Waals surface area contributed by atoms with Crippen LogP contribution >= 0.6 is 0 Å². The van der Waals surface area contributed by atoms with Gasteiger partial charge in [-0.25, -0.2) is 9.97 Å². The molecule has 4 aromatic rings. The molecule has 0 amide bonds. The third kappa shape index (κ3) is 6.81. The van der Waals surface area contributed by atoms with Gasteiger partial charge in [0.05, 0.1) is 35.6 Å². The van der Waals surface area contributed by atoms with Gasteiger partial charge in [-0.15, -0.1) is 0 Å². The Balaban J connectivity index is 1.87. The van der Waals surface area contributed by atoms with Crippen molar-refractivity contribution in [3.8, 4) is 33.9 Å². The van der Waals surface area contributed by atoms with E-state index in [0.29, 0.717) is 28.3 Å². The molecule has 2 heterocycles. The fraction of sp³-hybridized carbons (Fsp3) is 0.250. The molecule has 2 aromatic heterocycles. The van der Waals surface area contributed by atoms with Crippen molar-refractivity contribution in [2.45, 2.75) is 44.2 Å². The van der Waals surface area contributed by atoms with Gasteiger partial charge in [0.25, 0.3) is 0 Å². The molecule has 2 aromatic carbocycles. The molecule has 2 atom stereocenters. The molecular weight excluding hydrogens is 513 g/mol. The number of carbonyl (C=O) groups is 1. The Morgan fingerprint density at radius 1 is 0.949 bits per heavy atom. The zero-order valence-electron chi connectivity index (χ0n) is 20.7. The Morgan fingerprint density at radius 3 is 2.33 bits per heavy atom. The molecule has 4 rings (SSSR count). The molecule has 0 saturated carbocycles. The van der Waals surface area contributed by atoms with Crippen LogP contribution in [0.5, 0.6) is 0 Å². The van der Waals surface area contributed by atoms with Crippen LogP contribution in [0.25, 0.3) is 33.9 Å². The van der Waals surface area contributed by atoms with Crippen LogP contribution in [-0.2, 0) is 17.5 Å². The number of aromatic nitrogens is 3. The molecule has 204 valence electrons. The number of benzene rings is 2. The van der Waals surface area contributed by atoms with E-state index < -0.39 is 36.3 Å². The molecule has 0 aliphatic heterocycles. The number of imidazole rings is 1. The highest BCUT2D eigenvalue weighted by atomic mass is 19.4. The van der Waals surface area contributed by atoms with Gasteiger partial charge in [0.1, 0.15) is 11.6 Å². The summed E-state index contributed by atoms with van der Waals surface area (Å²) in [6.07, 6.45) is -6.01. The number of aliphatic hydroxyl groups is 2. The first-order valence-electron chi connectivity index (χ1n) is 12.2. The number of aliphatic carboxylic acids is 1. The van der Waals surface area contributed by atoms with Crippen molar-refractivity contribution >= 4 is 11.8 Å². The van der Waals surface area contributed by atoms with Crippen molar-refractivity contribution in [3.63, 3.8) is 0 Å². The Labute approximate surface area is 222 Å². The van der Waals surface area contributed by atoms with E-state index in [1.54, 1.807) is 34.9 Å². The van der Waals surface area contributed by atoms with Gasteiger partial charge in [-0.2, -0.15) is 13.2 Å². The van der Waals surface area contributed by atoms with Gasteiger partial charge in [-0.3, -0.25) is 4.79 Å². The Morgan fingerprint density at radius 2 is 1.67 bits per heavy atom. The lowest BCUT2D eigenvalue weighted by Gasteiger charge is -2.18. The van der Waals surface area contributed by atoms with E-state index in [2.05, 4.69) is 4.98 Å². The zero-order valence-corrected chi connectivity index (χ0v) is 20.7. The van der Waals surface area contributed by atoms with Crippen molar-refractivity contribution in [1.29, 1.82) is 0 Å². The van der Waals surface area contributed by atoms with Crippen LogP contribution < -0.4 is 5.73 Å². The molecule has 39 heavy (non-hydrogen) atoms. The monoisotopic (exact) mass is 540 g/mol. The van der Waals surface area contributed by atoms with Crippen LogP contribution in [0.3, 0.4) is 0 Å². The van der Waals surface area contributed by atoms with E-state index in [1.165, 1.54) is 12.3 Å². The normalized spacial score (nSPS) is 13.3. The van der Waals surface area contributed by atoms with Crippen molar-refractivity contribution in [2.75, 3.05) is 5.73 Å². The molecule has 11 heteroatoms. The van der Waals surface area contributed by atoms with Crippen molar-refractivity contribution in [3.05, 3.63) is 78.5 Å². The van der Waals surface area contributed by atoms with Crippen molar-refractivity contribution in [2.24, 2.45) is 0 Å². The lowest BCUT2D eigenvalue weighted by atomic mass is 10.0. The summed E-state index contributed by atoms with van der Waals surface area (Å²) < 4.78 is 42.7. The lowest BCUT2D eigenvalue weighted by Crippen LogP contribution is -2.22. The summed E-state index contributed by atoms with van der Waals surface area (Å²) in [5.74, 6) is -0.531. The number of anilines is 1. The number of carboxylic acids is 1. The van der Waals surface area contributed by atoms with Crippen molar-refractivity contribution < 1.29 is 33.3 Å². The number of alkyl halides is 3. The average molecular weight is 541 g/mol. The van der Waals surface area contributed by atoms with Crippen molar-refractivity contribution in [1.82, 2.24) is 14.5 Å². The highest BCUT2D eigenvalue weighted by Gasteiger charge is 2.31. The number of rotatable bonds is 10. The SMILES string of the molecule is Nc1cc(-c2nc(-c3ccccc3)n(CC[C@@H](O)C[C@@H](O)CC(=O)O)c2-c2cccc(C(F)(F)F)c2)ccn1. The van der Waals surface area contributed by atoms with Gasteiger partial charge in [0.15, 0.2) is 0 Å². The van der Waals surface area contributed by atoms with Gasteiger partial charge in [-0.1, -0.05) is 42.5 Å². The standard InChI is InChI=1S/C28H27F3N4O4/c29-28(30,31)20-8-4-7-19(13-20)26-25(18-9-11-33-23(32)14-18)34-27(17-5-2-1-3-6-17)35(26)12-10-21(36)15-22(37)16-24(38)39/h1-9,11,13-14,21-22,36-37H,10,12,15-16H2,(H2,32,33)(H,38,39)/t21-,22-/m1/s1. The molecule has 0 bridgehead atoms. The molecule has 0 fully saturated rings. The van der Waals surface area contributed by atoms with Gasteiger partial charge in [-0.05, 0) is 37.1 Å². The Kier molecular flexibility index (Phi) is 8.32. The second-order valence-electron chi connectivity index (χ2n) is 9.13. The van der Waals surface area contributed by atoms with Crippen LogP contribution in [0.15, 0.2) is 72.9 Å². The number of aliphatic hydroxyl groups excluding tert-OH is 2. The van der Waals surface area contributed by atoms with Gasteiger partial charge in [0, 0.05) is 29.4 Å². The number of hydrogen-bond donors (Lipinski definition) is 4. The van der Waals surface area contributed by atoms with Gasteiger partial charge < -0.3 is 25.6 Å².